The number of nitrogens with zero attached hydrogens (tertiary/aromatic N) is 2. The van der Waals surface area contributed by atoms with E-state index in [0.29, 0.717) is 0 Å². The molecule has 62 heavy (non-hydrogen) atoms. The summed E-state index contributed by atoms with van der Waals surface area (Å²) in [4.78, 5) is 4.93. The van der Waals surface area contributed by atoms with Gasteiger partial charge >= 0.3 is 0 Å². The summed E-state index contributed by atoms with van der Waals surface area (Å²) in [6.07, 6.45) is 31.4. The molecule has 0 fully saturated rings. The standard InChI is InChI=1S/C60H64N2/c1-8-9-10-17-38-60(46-29-28-44-26-27-45(44)41-46)55-42-51(61(47-20-13-11-14-21-47)49-24-18-36-58(5,6)39-34-49)30-32-53(55)54-33-31-52(43-56(54)60)62(48-22-15-12-16-23-48)50-25-19-37-59(7,40-35-50)57(2,3)4/h11-16,18-25,28-37,39-43H,8-10,17,26-27,38H2,1-7H3. The van der Waals surface area contributed by atoms with Gasteiger partial charge in [-0.25, -0.2) is 0 Å². The summed E-state index contributed by atoms with van der Waals surface area (Å²) in [6.45, 7) is 16.2. The van der Waals surface area contributed by atoms with E-state index >= 15 is 0 Å². The zero-order chi connectivity index (χ0) is 43.1. The Hall–Kier alpha value is -5.86. The van der Waals surface area contributed by atoms with Crippen LogP contribution in [0.4, 0.5) is 22.7 Å². The molecule has 2 heteroatoms. The van der Waals surface area contributed by atoms with Crippen LogP contribution >= 0.6 is 0 Å². The van der Waals surface area contributed by atoms with Crippen molar-refractivity contribution in [2.75, 3.05) is 9.80 Å². The summed E-state index contributed by atoms with van der Waals surface area (Å²) in [5.41, 5.74) is 16.6. The Balaban J connectivity index is 1.26. The predicted octanol–water partition coefficient (Wildman–Crippen LogP) is 16.4. The largest absolute Gasteiger partial charge is 0.311 e. The van der Waals surface area contributed by atoms with E-state index in [1.54, 1.807) is 0 Å². The van der Waals surface area contributed by atoms with Crippen LogP contribution in [-0.4, -0.2) is 0 Å². The molecule has 2 atom stereocenters. The van der Waals surface area contributed by atoms with Gasteiger partial charge in [-0.2, -0.15) is 0 Å². The van der Waals surface area contributed by atoms with Crippen molar-refractivity contribution < 1.29 is 0 Å². The number of allylic oxidation sites excluding steroid dienone is 10. The first-order valence-electron chi connectivity index (χ1n) is 23.2. The van der Waals surface area contributed by atoms with Crippen LogP contribution < -0.4 is 9.80 Å². The van der Waals surface area contributed by atoms with Crippen LogP contribution in [0.1, 0.15) is 108 Å². The van der Waals surface area contributed by atoms with Crippen molar-refractivity contribution in [3.05, 3.63) is 215 Å². The average molecular weight is 813 g/mol. The zero-order valence-corrected chi connectivity index (χ0v) is 38.1. The Bertz CT molecular complexity index is 2640. The molecule has 0 heterocycles. The summed E-state index contributed by atoms with van der Waals surface area (Å²) in [6, 6.07) is 44.1. The number of fused-ring (bicyclic) bond motifs is 4. The molecule has 5 aromatic carbocycles. The highest BCUT2D eigenvalue weighted by molar-refractivity contribution is 5.89. The van der Waals surface area contributed by atoms with Crippen molar-refractivity contribution in [1.29, 1.82) is 0 Å². The Morgan fingerprint density at radius 2 is 1.10 bits per heavy atom. The Kier molecular flexibility index (Phi) is 11.0. The fourth-order valence-electron chi connectivity index (χ4n) is 10.0. The zero-order valence-electron chi connectivity index (χ0n) is 38.1. The van der Waals surface area contributed by atoms with Crippen LogP contribution in [0.2, 0.25) is 0 Å². The molecule has 0 radical (unpaired) electrons. The minimum atomic E-state index is -0.340. The molecule has 314 valence electrons. The Morgan fingerprint density at radius 1 is 0.532 bits per heavy atom. The van der Waals surface area contributed by atoms with Gasteiger partial charge in [0.1, 0.15) is 0 Å². The number of unbranched alkanes of at least 4 members (excludes halogenated alkanes) is 3. The number of anilines is 4. The fourth-order valence-corrected chi connectivity index (χ4v) is 10.0. The Labute approximate surface area is 372 Å². The molecule has 0 spiro atoms. The molecular weight excluding hydrogens is 749 g/mol. The first kappa shape index (κ1) is 41.5. The molecule has 4 aliphatic carbocycles. The van der Waals surface area contributed by atoms with Gasteiger partial charge in [0.2, 0.25) is 0 Å². The lowest BCUT2D eigenvalue weighted by molar-refractivity contribution is 0.228. The van der Waals surface area contributed by atoms with Gasteiger partial charge in [0.05, 0.1) is 0 Å². The van der Waals surface area contributed by atoms with E-state index < -0.39 is 0 Å². The molecule has 2 nitrogen and oxygen atoms in total. The molecular formula is C60H64N2. The van der Waals surface area contributed by atoms with Crippen LogP contribution in [0.5, 0.6) is 0 Å². The van der Waals surface area contributed by atoms with Gasteiger partial charge in [-0.05, 0) is 136 Å². The second-order valence-corrected chi connectivity index (χ2v) is 19.9. The topological polar surface area (TPSA) is 6.48 Å². The summed E-state index contributed by atoms with van der Waals surface area (Å²) in [5, 5.41) is 0. The summed E-state index contributed by atoms with van der Waals surface area (Å²) in [5.74, 6) is 0. The normalized spacial score (nSPS) is 20.6. The maximum Gasteiger partial charge on any atom is 0.0465 e. The minimum Gasteiger partial charge on any atom is -0.311 e. The number of rotatable bonds is 12. The smallest absolute Gasteiger partial charge is 0.0465 e. The van der Waals surface area contributed by atoms with E-state index in [0.717, 1.165) is 42.0 Å². The molecule has 9 rings (SSSR count). The molecule has 5 aromatic rings. The second kappa shape index (κ2) is 16.4. The van der Waals surface area contributed by atoms with E-state index in [9.17, 15) is 0 Å². The van der Waals surface area contributed by atoms with Crippen LogP contribution in [0.25, 0.3) is 11.1 Å². The maximum atomic E-state index is 2.58. The highest BCUT2D eigenvalue weighted by Gasteiger charge is 2.46. The average Bonchev–Trinajstić information content (AvgIpc) is 3.36. The van der Waals surface area contributed by atoms with Gasteiger partial charge in [0.25, 0.3) is 0 Å². The third-order valence-electron chi connectivity index (χ3n) is 14.4. The van der Waals surface area contributed by atoms with E-state index in [1.807, 2.05) is 0 Å². The van der Waals surface area contributed by atoms with Crippen molar-refractivity contribution in [1.82, 2.24) is 0 Å². The fraction of sp³-hybridized carbons (Fsp3) is 0.300. The molecule has 0 aromatic heterocycles. The van der Waals surface area contributed by atoms with Crippen molar-refractivity contribution in [2.45, 2.75) is 98.8 Å². The van der Waals surface area contributed by atoms with E-state index in [4.69, 9.17) is 0 Å². The van der Waals surface area contributed by atoms with E-state index in [-0.39, 0.29) is 21.7 Å². The van der Waals surface area contributed by atoms with Gasteiger partial charge < -0.3 is 9.80 Å². The van der Waals surface area contributed by atoms with Crippen molar-refractivity contribution in [2.24, 2.45) is 16.2 Å². The Morgan fingerprint density at radius 3 is 1.63 bits per heavy atom. The monoisotopic (exact) mass is 813 g/mol. The van der Waals surface area contributed by atoms with Crippen LogP contribution in [0.15, 0.2) is 187 Å². The first-order valence-corrected chi connectivity index (χ1v) is 23.2. The molecule has 0 saturated carbocycles. The van der Waals surface area contributed by atoms with Crippen LogP contribution in [0, 0.1) is 16.2 Å². The van der Waals surface area contributed by atoms with Gasteiger partial charge in [0.15, 0.2) is 0 Å². The van der Waals surface area contributed by atoms with Gasteiger partial charge in [0, 0.05) is 50.4 Å². The van der Waals surface area contributed by atoms with Gasteiger partial charge in [-0.1, -0.05) is 177 Å². The van der Waals surface area contributed by atoms with Crippen molar-refractivity contribution >= 4 is 22.7 Å². The summed E-state index contributed by atoms with van der Waals surface area (Å²) in [7, 11) is 0. The number of hydrogen-bond donors (Lipinski definition) is 0. The SMILES string of the molecule is CCCCCCC1(c2ccc3c(c2)CC3)c2cc(N(C3=CC=CC(C)(C)C=C3)c3ccccc3)ccc2-c2ccc(N(C3=CC=CC(C)(C(C)(C)C)C=C3)c3ccccc3)cc21. The first-order chi connectivity index (χ1) is 29.9. The lowest BCUT2D eigenvalue weighted by Gasteiger charge is -2.37. The minimum absolute atomic E-state index is 0.0286. The molecule has 0 bridgehead atoms. The molecule has 4 aliphatic rings. The summed E-state index contributed by atoms with van der Waals surface area (Å²) < 4.78 is 0. The number of aryl methyl sites for hydroxylation is 2. The van der Waals surface area contributed by atoms with Crippen molar-refractivity contribution in [3.63, 3.8) is 0 Å². The third kappa shape index (κ3) is 7.57. The van der Waals surface area contributed by atoms with E-state index in [1.165, 1.54) is 76.0 Å². The molecule has 0 amide bonds. The predicted molar refractivity (Wildman–Crippen MR) is 266 cm³/mol. The van der Waals surface area contributed by atoms with Crippen molar-refractivity contribution in [3.8, 4) is 11.1 Å². The lowest BCUT2D eigenvalue weighted by Crippen LogP contribution is -2.29. The third-order valence-corrected chi connectivity index (χ3v) is 14.4. The lowest BCUT2D eigenvalue weighted by atomic mass is 9.67. The van der Waals surface area contributed by atoms with E-state index in [2.05, 4.69) is 234 Å². The van der Waals surface area contributed by atoms with Gasteiger partial charge in [-0.3, -0.25) is 0 Å². The van der Waals surface area contributed by atoms with Crippen LogP contribution in [-0.2, 0) is 18.3 Å². The molecule has 0 aliphatic heterocycles. The molecule has 2 unspecified atom stereocenters. The number of hydrogen-bond acceptors (Lipinski definition) is 2. The number of benzene rings is 5. The molecule has 0 N–H and O–H groups in total. The number of para-hydroxylation sites is 2. The highest BCUT2D eigenvalue weighted by atomic mass is 15.2. The van der Waals surface area contributed by atoms with Crippen LogP contribution in [0.3, 0.4) is 0 Å². The second-order valence-electron chi connectivity index (χ2n) is 19.9. The highest BCUT2D eigenvalue weighted by Crippen LogP contribution is 2.58. The summed E-state index contributed by atoms with van der Waals surface area (Å²) >= 11 is 0. The quantitative estimate of drug-likeness (QED) is 0.116. The maximum absolute atomic E-state index is 2.58. The van der Waals surface area contributed by atoms with Gasteiger partial charge in [-0.15, -0.1) is 0 Å². The molecule has 0 saturated heterocycles.